The number of ether oxygens (including phenoxy) is 1. The lowest BCUT2D eigenvalue weighted by Gasteiger charge is -2.39. The number of carbonyl (C=O) groups is 1. The van der Waals surface area contributed by atoms with Gasteiger partial charge in [-0.25, -0.2) is 0 Å². The van der Waals surface area contributed by atoms with Crippen LogP contribution in [0.2, 0.25) is 0 Å². The van der Waals surface area contributed by atoms with Crippen molar-refractivity contribution in [2.45, 2.75) is 52.2 Å². The molecule has 0 atom stereocenters. The van der Waals surface area contributed by atoms with Crippen LogP contribution in [0.4, 0.5) is 0 Å². The van der Waals surface area contributed by atoms with Crippen molar-refractivity contribution in [1.82, 2.24) is 4.90 Å². The first-order valence-corrected chi connectivity index (χ1v) is 8.80. The fourth-order valence-corrected chi connectivity index (χ4v) is 3.28. The van der Waals surface area contributed by atoms with E-state index in [1.165, 1.54) is 5.56 Å². The van der Waals surface area contributed by atoms with Crippen molar-refractivity contribution in [2.75, 3.05) is 19.6 Å². The quantitative estimate of drug-likeness (QED) is 0.841. The van der Waals surface area contributed by atoms with Gasteiger partial charge in [-0.1, -0.05) is 44.2 Å². The number of benzene rings is 1. The van der Waals surface area contributed by atoms with Gasteiger partial charge in [0.2, 0.25) is 5.91 Å². The number of piperidine rings is 1. The average molecular weight is 318 g/mol. The van der Waals surface area contributed by atoms with Crippen molar-refractivity contribution in [3.8, 4) is 0 Å². The predicted octanol–water partition coefficient (Wildman–Crippen LogP) is 2.96. The van der Waals surface area contributed by atoms with Gasteiger partial charge in [0.25, 0.3) is 0 Å². The molecule has 1 aromatic rings. The highest BCUT2D eigenvalue weighted by atomic mass is 16.5. The second-order valence-electron chi connectivity index (χ2n) is 6.48. The molecule has 128 valence electrons. The van der Waals surface area contributed by atoms with E-state index < -0.39 is 0 Å². The Kier molecular flexibility index (Phi) is 6.60. The zero-order valence-electron chi connectivity index (χ0n) is 14.5. The SMILES string of the molecule is CCC(CC)(CN)C(=O)N1CCC(OCc2ccccc2)CC1. The lowest BCUT2D eigenvalue weighted by Crippen LogP contribution is -2.50. The molecule has 0 spiro atoms. The van der Waals surface area contributed by atoms with Crippen LogP contribution >= 0.6 is 0 Å². The summed E-state index contributed by atoms with van der Waals surface area (Å²) in [4.78, 5) is 14.8. The molecule has 23 heavy (non-hydrogen) atoms. The molecule has 0 saturated carbocycles. The zero-order valence-corrected chi connectivity index (χ0v) is 14.5. The first-order chi connectivity index (χ1) is 11.1. The van der Waals surface area contributed by atoms with Crippen LogP contribution in [0.1, 0.15) is 45.1 Å². The number of carbonyl (C=O) groups excluding carboxylic acids is 1. The monoisotopic (exact) mass is 318 g/mol. The summed E-state index contributed by atoms with van der Waals surface area (Å²) >= 11 is 0. The summed E-state index contributed by atoms with van der Waals surface area (Å²) in [5.41, 5.74) is 6.73. The van der Waals surface area contributed by atoms with Crippen LogP contribution in [0.5, 0.6) is 0 Å². The Morgan fingerprint density at radius 1 is 1.22 bits per heavy atom. The van der Waals surface area contributed by atoms with E-state index in [1.807, 2.05) is 23.1 Å². The van der Waals surface area contributed by atoms with E-state index in [9.17, 15) is 4.79 Å². The largest absolute Gasteiger partial charge is 0.373 e. The maximum Gasteiger partial charge on any atom is 0.230 e. The molecular weight excluding hydrogens is 288 g/mol. The summed E-state index contributed by atoms with van der Waals surface area (Å²) in [7, 11) is 0. The van der Waals surface area contributed by atoms with Crippen LogP contribution in [0.25, 0.3) is 0 Å². The highest BCUT2D eigenvalue weighted by molar-refractivity contribution is 5.83. The van der Waals surface area contributed by atoms with Crippen molar-refractivity contribution >= 4 is 5.91 Å². The molecule has 2 rings (SSSR count). The van der Waals surface area contributed by atoms with Crippen molar-refractivity contribution in [3.63, 3.8) is 0 Å². The third-order valence-corrected chi connectivity index (χ3v) is 5.26. The molecule has 0 radical (unpaired) electrons. The van der Waals surface area contributed by atoms with E-state index in [0.717, 1.165) is 38.8 Å². The number of nitrogens with two attached hydrogens (primary N) is 1. The number of rotatable bonds is 7. The summed E-state index contributed by atoms with van der Waals surface area (Å²) in [6.45, 7) is 6.76. The van der Waals surface area contributed by atoms with E-state index in [0.29, 0.717) is 13.2 Å². The third-order valence-electron chi connectivity index (χ3n) is 5.26. The van der Waals surface area contributed by atoms with Gasteiger partial charge in [-0.3, -0.25) is 4.79 Å². The highest BCUT2D eigenvalue weighted by Crippen LogP contribution is 2.29. The Bertz CT molecular complexity index is 469. The Balaban J connectivity index is 1.82. The van der Waals surface area contributed by atoms with Crippen LogP contribution in [0, 0.1) is 5.41 Å². The Morgan fingerprint density at radius 2 is 1.83 bits per heavy atom. The Labute approximate surface area is 140 Å². The number of nitrogens with zero attached hydrogens (tertiary/aromatic N) is 1. The van der Waals surface area contributed by atoms with E-state index in [1.54, 1.807) is 0 Å². The van der Waals surface area contributed by atoms with Gasteiger partial charge in [0.05, 0.1) is 18.1 Å². The molecule has 2 N–H and O–H groups in total. The van der Waals surface area contributed by atoms with Gasteiger partial charge in [-0.05, 0) is 31.2 Å². The molecule has 4 nitrogen and oxygen atoms in total. The molecule has 4 heteroatoms. The first-order valence-electron chi connectivity index (χ1n) is 8.80. The van der Waals surface area contributed by atoms with Crippen molar-refractivity contribution in [2.24, 2.45) is 11.1 Å². The summed E-state index contributed by atoms with van der Waals surface area (Å²) < 4.78 is 6.00. The minimum atomic E-state index is -0.377. The zero-order chi connectivity index (χ0) is 16.7. The van der Waals surface area contributed by atoms with Crippen LogP contribution in [0.15, 0.2) is 30.3 Å². The van der Waals surface area contributed by atoms with Gasteiger partial charge in [0, 0.05) is 19.6 Å². The minimum absolute atomic E-state index is 0.228. The fourth-order valence-electron chi connectivity index (χ4n) is 3.28. The number of amides is 1. The molecule has 1 saturated heterocycles. The molecular formula is C19H30N2O2. The fraction of sp³-hybridized carbons (Fsp3) is 0.632. The molecule has 1 aliphatic heterocycles. The van der Waals surface area contributed by atoms with E-state index in [2.05, 4.69) is 26.0 Å². The predicted molar refractivity (Wildman–Crippen MR) is 92.9 cm³/mol. The molecule has 1 amide bonds. The molecule has 0 unspecified atom stereocenters. The standard InChI is InChI=1S/C19H30N2O2/c1-3-19(4-2,15-20)18(22)21-12-10-17(11-13-21)23-14-16-8-6-5-7-9-16/h5-9,17H,3-4,10-15,20H2,1-2H3. The van der Waals surface area contributed by atoms with Crippen LogP contribution < -0.4 is 5.73 Å². The molecule has 0 aliphatic carbocycles. The normalized spacial score (nSPS) is 16.6. The third kappa shape index (κ3) is 4.33. The smallest absolute Gasteiger partial charge is 0.230 e. The van der Waals surface area contributed by atoms with Crippen molar-refractivity contribution in [1.29, 1.82) is 0 Å². The Morgan fingerprint density at radius 3 is 2.35 bits per heavy atom. The molecule has 1 aromatic carbocycles. The summed E-state index contributed by atoms with van der Waals surface area (Å²) in [5, 5.41) is 0. The lowest BCUT2D eigenvalue weighted by atomic mass is 9.80. The average Bonchev–Trinajstić information content (AvgIpc) is 2.63. The van der Waals surface area contributed by atoms with Gasteiger partial charge in [0.15, 0.2) is 0 Å². The number of likely N-dealkylation sites (tertiary alicyclic amines) is 1. The van der Waals surface area contributed by atoms with Gasteiger partial charge < -0.3 is 15.4 Å². The second kappa shape index (κ2) is 8.46. The van der Waals surface area contributed by atoms with Crippen molar-refractivity contribution in [3.05, 3.63) is 35.9 Å². The summed E-state index contributed by atoms with van der Waals surface area (Å²) in [5.74, 6) is 0.228. The van der Waals surface area contributed by atoms with Gasteiger partial charge in [-0.2, -0.15) is 0 Å². The molecule has 1 fully saturated rings. The van der Waals surface area contributed by atoms with Gasteiger partial charge in [0.1, 0.15) is 0 Å². The van der Waals surface area contributed by atoms with E-state index in [-0.39, 0.29) is 17.4 Å². The van der Waals surface area contributed by atoms with Crippen LogP contribution in [0.3, 0.4) is 0 Å². The minimum Gasteiger partial charge on any atom is -0.373 e. The van der Waals surface area contributed by atoms with Crippen molar-refractivity contribution < 1.29 is 9.53 Å². The van der Waals surface area contributed by atoms with Crippen LogP contribution in [-0.4, -0.2) is 36.5 Å². The second-order valence-corrected chi connectivity index (χ2v) is 6.48. The van der Waals surface area contributed by atoms with E-state index >= 15 is 0 Å². The van der Waals surface area contributed by atoms with Gasteiger partial charge >= 0.3 is 0 Å². The van der Waals surface area contributed by atoms with Gasteiger partial charge in [-0.15, -0.1) is 0 Å². The number of hydrogen-bond acceptors (Lipinski definition) is 3. The highest BCUT2D eigenvalue weighted by Gasteiger charge is 2.38. The number of hydrogen-bond donors (Lipinski definition) is 1. The molecule has 1 heterocycles. The first kappa shape index (κ1) is 18.0. The Hall–Kier alpha value is -1.39. The maximum atomic E-state index is 12.8. The molecule has 0 bridgehead atoms. The molecule has 1 aliphatic rings. The lowest BCUT2D eigenvalue weighted by molar-refractivity contribution is -0.145. The van der Waals surface area contributed by atoms with E-state index in [4.69, 9.17) is 10.5 Å². The topological polar surface area (TPSA) is 55.6 Å². The molecule has 0 aromatic heterocycles. The summed E-state index contributed by atoms with van der Waals surface area (Å²) in [6, 6.07) is 10.2. The maximum absolute atomic E-state index is 12.8. The van der Waals surface area contributed by atoms with Crippen LogP contribution in [-0.2, 0) is 16.1 Å². The summed E-state index contributed by atoms with van der Waals surface area (Å²) in [6.07, 6.45) is 3.68.